The Labute approximate surface area is 133 Å². The summed E-state index contributed by atoms with van der Waals surface area (Å²) in [5.41, 5.74) is 8.60. The predicted octanol–water partition coefficient (Wildman–Crippen LogP) is 4.20. The molecule has 0 aliphatic heterocycles. The lowest BCUT2D eigenvalue weighted by Crippen LogP contribution is -2.14. The normalized spacial score (nSPS) is 10.3. The van der Waals surface area contributed by atoms with Crippen molar-refractivity contribution in [3.05, 3.63) is 55.6 Å². The zero-order chi connectivity index (χ0) is 14.0. The summed E-state index contributed by atoms with van der Waals surface area (Å²) in [6.45, 7) is 1.84. The van der Waals surface area contributed by atoms with Crippen LogP contribution in [0, 0.1) is 10.5 Å². The van der Waals surface area contributed by atoms with Crippen molar-refractivity contribution in [3.63, 3.8) is 0 Å². The Hall–Kier alpha value is -1.08. The smallest absolute Gasteiger partial charge is 0.256 e. The van der Waals surface area contributed by atoms with E-state index in [4.69, 9.17) is 5.73 Å². The van der Waals surface area contributed by atoms with Gasteiger partial charge in [0.2, 0.25) is 0 Å². The Morgan fingerprint density at radius 2 is 2.05 bits per heavy atom. The minimum absolute atomic E-state index is 0.160. The van der Waals surface area contributed by atoms with Crippen LogP contribution in [-0.4, -0.2) is 5.91 Å². The summed E-state index contributed by atoms with van der Waals surface area (Å²) in [6, 6.07) is 11.2. The van der Waals surface area contributed by atoms with E-state index in [2.05, 4.69) is 43.8 Å². The van der Waals surface area contributed by atoms with Gasteiger partial charge in [-0.15, -0.1) is 0 Å². The first-order chi connectivity index (χ1) is 8.97. The summed E-state index contributed by atoms with van der Waals surface area (Å²) < 4.78 is 1.87. The van der Waals surface area contributed by atoms with Gasteiger partial charge in [0.15, 0.2) is 0 Å². The van der Waals surface area contributed by atoms with Crippen LogP contribution in [0.15, 0.2) is 40.9 Å². The minimum Gasteiger partial charge on any atom is -0.398 e. The van der Waals surface area contributed by atoms with Crippen LogP contribution in [0.1, 0.15) is 15.9 Å². The molecule has 0 aliphatic rings. The molecule has 0 aromatic heterocycles. The number of rotatable bonds is 2. The number of amides is 1. The lowest BCUT2D eigenvalue weighted by atomic mass is 10.1. The molecule has 0 spiro atoms. The number of anilines is 2. The molecular weight excluding hydrogens is 419 g/mol. The van der Waals surface area contributed by atoms with Gasteiger partial charge in [-0.1, -0.05) is 22.0 Å². The number of halogens is 2. The highest BCUT2D eigenvalue weighted by Gasteiger charge is 2.12. The summed E-state index contributed by atoms with van der Waals surface area (Å²) in [7, 11) is 0. The number of hydrogen-bond acceptors (Lipinski definition) is 2. The summed E-state index contributed by atoms with van der Waals surface area (Å²) in [6.07, 6.45) is 0. The van der Waals surface area contributed by atoms with Gasteiger partial charge < -0.3 is 11.1 Å². The SMILES string of the molecule is Cc1c(N)cc(Br)cc1C(=O)Nc1cccc(I)c1. The third-order valence-electron chi connectivity index (χ3n) is 2.74. The summed E-state index contributed by atoms with van der Waals surface area (Å²) >= 11 is 5.56. The molecule has 0 fully saturated rings. The second kappa shape index (κ2) is 5.92. The van der Waals surface area contributed by atoms with Crippen molar-refractivity contribution in [2.75, 3.05) is 11.1 Å². The van der Waals surface area contributed by atoms with Crippen LogP contribution in [0.4, 0.5) is 11.4 Å². The number of nitrogens with one attached hydrogen (secondary N) is 1. The molecular formula is C14H12BrIN2O. The first-order valence-electron chi connectivity index (χ1n) is 5.60. The molecule has 2 aromatic carbocycles. The first-order valence-corrected chi connectivity index (χ1v) is 7.47. The summed E-state index contributed by atoms with van der Waals surface area (Å²) in [4.78, 5) is 12.3. The molecule has 0 heterocycles. The van der Waals surface area contributed by atoms with Gasteiger partial charge in [-0.25, -0.2) is 0 Å². The van der Waals surface area contributed by atoms with Gasteiger partial charge in [-0.05, 0) is 65.4 Å². The average molecular weight is 431 g/mol. The van der Waals surface area contributed by atoms with Crippen molar-refractivity contribution in [1.82, 2.24) is 0 Å². The zero-order valence-corrected chi connectivity index (χ0v) is 13.9. The Morgan fingerprint density at radius 1 is 1.32 bits per heavy atom. The number of nitrogens with two attached hydrogens (primary N) is 1. The maximum Gasteiger partial charge on any atom is 0.256 e. The third-order valence-corrected chi connectivity index (χ3v) is 3.87. The Kier molecular flexibility index (Phi) is 4.46. The topological polar surface area (TPSA) is 55.1 Å². The van der Waals surface area contributed by atoms with Crippen molar-refractivity contribution >= 4 is 55.8 Å². The fourth-order valence-corrected chi connectivity index (χ4v) is 2.72. The van der Waals surface area contributed by atoms with Crippen LogP contribution in [0.3, 0.4) is 0 Å². The zero-order valence-electron chi connectivity index (χ0n) is 10.2. The maximum atomic E-state index is 12.3. The molecule has 98 valence electrons. The van der Waals surface area contributed by atoms with Crippen LogP contribution >= 0.6 is 38.5 Å². The van der Waals surface area contributed by atoms with Gasteiger partial charge in [0.25, 0.3) is 5.91 Å². The van der Waals surface area contributed by atoms with Crippen molar-refractivity contribution < 1.29 is 4.79 Å². The van der Waals surface area contributed by atoms with Gasteiger partial charge in [-0.2, -0.15) is 0 Å². The lowest BCUT2D eigenvalue weighted by Gasteiger charge is -2.10. The van der Waals surface area contributed by atoms with E-state index in [1.165, 1.54) is 0 Å². The second-order valence-corrected chi connectivity index (χ2v) is 6.29. The van der Waals surface area contributed by atoms with Gasteiger partial charge in [-0.3, -0.25) is 4.79 Å². The van der Waals surface area contributed by atoms with Gasteiger partial charge in [0.05, 0.1) is 0 Å². The predicted molar refractivity (Wildman–Crippen MR) is 90.4 cm³/mol. The highest BCUT2D eigenvalue weighted by Crippen LogP contribution is 2.24. The molecule has 2 rings (SSSR count). The molecule has 19 heavy (non-hydrogen) atoms. The molecule has 0 atom stereocenters. The number of nitrogen functional groups attached to an aromatic ring is 1. The highest BCUT2D eigenvalue weighted by atomic mass is 127. The van der Waals surface area contributed by atoms with E-state index in [1.807, 2.05) is 31.2 Å². The van der Waals surface area contributed by atoms with E-state index >= 15 is 0 Å². The molecule has 0 saturated heterocycles. The van der Waals surface area contributed by atoms with E-state index in [0.717, 1.165) is 19.3 Å². The largest absolute Gasteiger partial charge is 0.398 e. The third kappa shape index (κ3) is 3.48. The fraction of sp³-hybridized carbons (Fsp3) is 0.0714. The molecule has 0 unspecified atom stereocenters. The maximum absolute atomic E-state index is 12.3. The molecule has 3 nitrogen and oxygen atoms in total. The van der Waals surface area contributed by atoms with Gasteiger partial charge in [0, 0.05) is 25.0 Å². The lowest BCUT2D eigenvalue weighted by molar-refractivity contribution is 0.102. The number of carbonyl (C=O) groups is 1. The van der Waals surface area contributed by atoms with E-state index in [0.29, 0.717) is 11.3 Å². The van der Waals surface area contributed by atoms with E-state index < -0.39 is 0 Å². The highest BCUT2D eigenvalue weighted by molar-refractivity contribution is 14.1. The van der Waals surface area contributed by atoms with Crippen LogP contribution in [0.2, 0.25) is 0 Å². The second-order valence-electron chi connectivity index (χ2n) is 4.13. The molecule has 3 N–H and O–H groups in total. The van der Waals surface area contributed by atoms with Crippen molar-refractivity contribution in [2.45, 2.75) is 6.92 Å². The van der Waals surface area contributed by atoms with Crippen LogP contribution in [0.25, 0.3) is 0 Å². The number of benzene rings is 2. The monoisotopic (exact) mass is 430 g/mol. The Balaban J connectivity index is 2.30. The number of carbonyl (C=O) groups excluding carboxylic acids is 1. The summed E-state index contributed by atoms with van der Waals surface area (Å²) in [5.74, 6) is -0.160. The van der Waals surface area contributed by atoms with E-state index in [-0.39, 0.29) is 5.91 Å². The minimum atomic E-state index is -0.160. The molecule has 5 heteroatoms. The van der Waals surface area contributed by atoms with E-state index in [9.17, 15) is 4.79 Å². The standard InChI is InChI=1S/C14H12BrIN2O/c1-8-12(5-9(15)6-13(8)17)14(19)18-11-4-2-3-10(16)7-11/h2-7H,17H2,1H3,(H,18,19). The van der Waals surface area contributed by atoms with Crippen molar-refractivity contribution in [1.29, 1.82) is 0 Å². The fourth-order valence-electron chi connectivity index (χ4n) is 1.70. The molecule has 0 radical (unpaired) electrons. The Morgan fingerprint density at radius 3 is 2.74 bits per heavy atom. The molecule has 0 saturated carbocycles. The Bertz CT molecular complexity index is 643. The molecule has 2 aromatic rings. The molecule has 0 aliphatic carbocycles. The quantitative estimate of drug-likeness (QED) is 0.554. The molecule has 0 bridgehead atoms. The van der Waals surface area contributed by atoms with Crippen LogP contribution < -0.4 is 11.1 Å². The van der Waals surface area contributed by atoms with E-state index in [1.54, 1.807) is 12.1 Å². The van der Waals surface area contributed by atoms with Crippen molar-refractivity contribution in [3.8, 4) is 0 Å². The van der Waals surface area contributed by atoms with Crippen molar-refractivity contribution in [2.24, 2.45) is 0 Å². The first kappa shape index (κ1) is 14.3. The van der Waals surface area contributed by atoms with Crippen LogP contribution in [-0.2, 0) is 0 Å². The van der Waals surface area contributed by atoms with Gasteiger partial charge >= 0.3 is 0 Å². The summed E-state index contributed by atoms with van der Waals surface area (Å²) in [5, 5.41) is 2.87. The molecule has 1 amide bonds. The number of hydrogen-bond donors (Lipinski definition) is 2. The average Bonchev–Trinajstić information content (AvgIpc) is 2.33. The van der Waals surface area contributed by atoms with Crippen LogP contribution in [0.5, 0.6) is 0 Å². The van der Waals surface area contributed by atoms with Gasteiger partial charge in [0.1, 0.15) is 0 Å².